The van der Waals surface area contributed by atoms with Gasteiger partial charge in [-0.05, 0) is 39.4 Å². The lowest BCUT2D eigenvalue weighted by Crippen LogP contribution is -2.24. The molecule has 0 heterocycles. The Morgan fingerprint density at radius 1 is 0.727 bits per heavy atom. The quantitative estimate of drug-likeness (QED) is 0.413. The van der Waals surface area contributed by atoms with E-state index in [2.05, 4.69) is 81.1 Å². The highest BCUT2D eigenvalue weighted by molar-refractivity contribution is 7.80. The van der Waals surface area contributed by atoms with Gasteiger partial charge in [0.2, 0.25) is 0 Å². The van der Waals surface area contributed by atoms with Crippen LogP contribution < -0.4 is 5.73 Å². The molecule has 0 aromatic heterocycles. The summed E-state index contributed by atoms with van der Waals surface area (Å²) in [6.45, 7) is 11.6. The largest absolute Gasteiger partial charge is 0.330 e. The molecule has 140 valence electrons. The molecule has 0 spiro atoms. The van der Waals surface area contributed by atoms with Gasteiger partial charge in [-0.25, -0.2) is 0 Å². The van der Waals surface area contributed by atoms with Gasteiger partial charge in [0, 0.05) is 36.9 Å². The minimum Gasteiger partial charge on any atom is -0.330 e. The molecule has 0 amide bonds. The SMILES string of the molecule is CCCS.CCN(CC)CCS.CN(C)CCS.NCCS. The van der Waals surface area contributed by atoms with Gasteiger partial charge in [0.25, 0.3) is 0 Å². The Morgan fingerprint density at radius 3 is 1.14 bits per heavy atom. The van der Waals surface area contributed by atoms with Crippen molar-refractivity contribution in [3.05, 3.63) is 0 Å². The lowest BCUT2D eigenvalue weighted by Gasteiger charge is -2.15. The first-order chi connectivity index (χ1) is 10.4. The van der Waals surface area contributed by atoms with Crippen LogP contribution in [-0.2, 0) is 0 Å². The van der Waals surface area contributed by atoms with E-state index in [9.17, 15) is 0 Å². The molecule has 0 radical (unpaired) electrons. The highest BCUT2D eigenvalue weighted by Crippen LogP contribution is 1.86. The molecule has 0 saturated heterocycles. The second kappa shape index (κ2) is 33.8. The Balaban J connectivity index is -0.000000103. The first kappa shape index (κ1) is 31.1. The summed E-state index contributed by atoms with van der Waals surface area (Å²) in [4.78, 5) is 4.46. The summed E-state index contributed by atoms with van der Waals surface area (Å²) >= 11 is 15.9. The number of thiol groups is 4. The van der Waals surface area contributed by atoms with E-state index >= 15 is 0 Å². The van der Waals surface area contributed by atoms with E-state index < -0.39 is 0 Å². The van der Waals surface area contributed by atoms with Crippen LogP contribution in [0.3, 0.4) is 0 Å². The number of hydrogen-bond donors (Lipinski definition) is 5. The highest BCUT2D eigenvalue weighted by atomic mass is 32.1. The molecule has 0 rings (SSSR count). The average molecular weight is 392 g/mol. The summed E-state index contributed by atoms with van der Waals surface area (Å²) in [6, 6.07) is 0. The van der Waals surface area contributed by atoms with Crippen LogP contribution in [0.2, 0.25) is 0 Å². The van der Waals surface area contributed by atoms with Crippen molar-refractivity contribution < 1.29 is 0 Å². The van der Waals surface area contributed by atoms with Crippen molar-refractivity contribution >= 4 is 50.5 Å². The van der Waals surface area contributed by atoms with Crippen LogP contribution in [0.15, 0.2) is 0 Å². The minimum absolute atomic E-state index is 0.684. The van der Waals surface area contributed by atoms with Crippen LogP contribution >= 0.6 is 50.5 Å². The van der Waals surface area contributed by atoms with E-state index in [0.717, 1.165) is 49.2 Å². The third-order valence-corrected chi connectivity index (χ3v) is 3.32. The molecular weight excluding hydrogens is 350 g/mol. The molecule has 7 heteroatoms. The fourth-order valence-electron chi connectivity index (χ4n) is 0.881. The van der Waals surface area contributed by atoms with Crippen LogP contribution in [0, 0.1) is 0 Å². The molecule has 0 saturated carbocycles. The highest BCUT2D eigenvalue weighted by Gasteiger charge is 1.93. The topological polar surface area (TPSA) is 32.5 Å². The molecule has 0 unspecified atom stereocenters. The maximum atomic E-state index is 4.95. The number of hydrogen-bond acceptors (Lipinski definition) is 7. The monoisotopic (exact) mass is 391 g/mol. The zero-order valence-corrected chi connectivity index (χ0v) is 18.9. The molecule has 3 nitrogen and oxygen atoms in total. The molecule has 0 aromatic carbocycles. The summed E-state index contributed by atoms with van der Waals surface area (Å²) in [5.41, 5.74) is 4.95. The first-order valence-corrected chi connectivity index (χ1v) is 10.5. The fraction of sp³-hybridized carbons (Fsp3) is 1.00. The number of nitrogens with two attached hydrogens (primary N) is 1. The first-order valence-electron chi connectivity index (χ1n) is 7.95. The number of nitrogens with zero attached hydrogens (tertiary/aromatic N) is 2. The molecule has 0 aliphatic heterocycles. The summed E-state index contributed by atoms with van der Waals surface area (Å²) in [6.07, 6.45) is 1.18. The van der Waals surface area contributed by atoms with E-state index in [1.54, 1.807) is 0 Å². The van der Waals surface area contributed by atoms with Crippen molar-refractivity contribution in [1.29, 1.82) is 0 Å². The van der Waals surface area contributed by atoms with Crippen molar-refractivity contribution in [1.82, 2.24) is 9.80 Å². The lowest BCUT2D eigenvalue weighted by molar-refractivity contribution is 0.324. The Hall–Kier alpha value is 1.28. The molecule has 22 heavy (non-hydrogen) atoms. The molecule has 0 aliphatic carbocycles. The zero-order chi connectivity index (χ0) is 18.2. The van der Waals surface area contributed by atoms with Gasteiger partial charge >= 0.3 is 0 Å². The van der Waals surface area contributed by atoms with E-state index in [4.69, 9.17) is 5.73 Å². The van der Waals surface area contributed by atoms with Gasteiger partial charge in [-0.1, -0.05) is 20.8 Å². The van der Waals surface area contributed by atoms with E-state index in [1.165, 1.54) is 6.42 Å². The molecule has 0 aromatic rings. The van der Waals surface area contributed by atoms with Crippen LogP contribution in [0.4, 0.5) is 0 Å². The van der Waals surface area contributed by atoms with Crippen LogP contribution in [0.25, 0.3) is 0 Å². The van der Waals surface area contributed by atoms with Crippen LogP contribution in [0.5, 0.6) is 0 Å². The molecule has 0 atom stereocenters. The number of rotatable bonds is 8. The summed E-state index contributed by atoms with van der Waals surface area (Å²) in [5, 5.41) is 0. The second-order valence-electron chi connectivity index (χ2n) is 4.51. The van der Waals surface area contributed by atoms with Crippen LogP contribution in [-0.4, -0.2) is 79.6 Å². The molecular formula is C15H41N3S4. The summed E-state index contributed by atoms with van der Waals surface area (Å²) in [7, 11) is 4.08. The Bertz CT molecular complexity index is 141. The lowest BCUT2D eigenvalue weighted by atomic mass is 10.5. The van der Waals surface area contributed by atoms with Gasteiger partial charge < -0.3 is 15.5 Å². The minimum atomic E-state index is 0.684. The van der Waals surface area contributed by atoms with Crippen molar-refractivity contribution in [2.45, 2.75) is 27.2 Å². The van der Waals surface area contributed by atoms with Gasteiger partial charge in [-0.2, -0.15) is 50.5 Å². The third kappa shape index (κ3) is 49.6. The van der Waals surface area contributed by atoms with E-state index in [1.807, 2.05) is 14.1 Å². The van der Waals surface area contributed by atoms with Gasteiger partial charge in [0.15, 0.2) is 0 Å². The smallest absolute Gasteiger partial charge is 0.00696 e. The van der Waals surface area contributed by atoms with Gasteiger partial charge in [0.05, 0.1) is 0 Å². The van der Waals surface area contributed by atoms with Gasteiger partial charge in [-0.15, -0.1) is 0 Å². The van der Waals surface area contributed by atoms with E-state index in [-0.39, 0.29) is 0 Å². The summed E-state index contributed by atoms with van der Waals surface area (Å²) < 4.78 is 0. The van der Waals surface area contributed by atoms with Gasteiger partial charge in [-0.3, -0.25) is 0 Å². The van der Waals surface area contributed by atoms with Crippen molar-refractivity contribution in [2.24, 2.45) is 5.73 Å². The van der Waals surface area contributed by atoms with Crippen molar-refractivity contribution in [2.75, 3.05) is 69.8 Å². The molecule has 2 N–H and O–H groups in total. The Morgan fingerprint density at radius 2 is 1.09 bits per heavy atom. The Kier molecular flexibility index (Phi) is 47.7. The molecule has 0 fully saturated rings. The van der Waals surface area contributed by atoms with E-state index in [0.29, 0.717) is 6.54 Å². The average Bonchev–Trinajstić information content (AvgIpc) is 2.53. The zero-order valence-electron chi connectivity index (χ0n) is 15.3. The van der Waals surface area contributed by atoms with Crippen LogP contribution in [0.1, 0.15) is 27.2 Å². The normalized spacial score (nSPS) is 9.27. The van der Waals surface area contributed by atoms with Crippen molar-refractivity contribution in [3.8, 4) is 0 Å². The predicted octanol–water partition coefficient (Wildman–Crippen LogP) is 2.94. The second-order valence-corrected chi connectivity index (χ2v) is 6.30. The third-order valence-electron chi connectivity index (χ3n) is 2.21. The maximum Gasteiger partial charge on any atom is 0.00696 e. The van der Waals surface area contributed by atoms with Gasteiger partial charge in [0.1, 0.15) is 0 Å². The maximum absolute atomic E-state index is 4.95. The molecule has 0 bridgehead atoms. The summed E-state index contributed by atoms with van der Waals surface area (Å²) in [5.74, 6) is 3.73. The van der Waals surface area contributed by atoms with Crippen molar-refractivity contribution in [3.63, 3.8) is 0 Å². The standard InChI is InChI=1S/C6H15NS.C4H11NS.C3H8S.C2H7NS/c1-3-7(4-2)5-6-8;1-5(2)3-4-6;1-2-3-4;3-1-2-4/h8H,3-6H2,1-2H3;6H,3-4H2,1-2H3;4H,2-3H2,1H3;4H,1-3H2. The molecule has 0 aliphatic rings. The fourth-order valence-corrected chi connectivity index (χ4v) is 1.56. The predicted molar refractivity (Wildman–Crippen MR) is 121 cm³/mol. The Labute approximate surface area is 162 Å².